The average molecular weight is 362 g/mol. The second kappa shape index (κ2) is 8.75. The van der Waals surface area contributed by atoms with Crippen molar-refractivity contribution in [3.05, 3.63) is 23.9 Å². The number of H-pyrrole nitrogens is 1. The Balaban J connectivity index is 2.18. The number of ether oxygens (including phenoxy) is 3. The van der Waals surface area contributed by atoms with E-state index in [1.165, 1.54) is 0 Å². The highest BCUT2D eigenvalue weighted by molar-refractivity contribution is 5.95. The van der Waals surface area contributed by atoms with Crippen LogP contribution in [0.15, 0.2) is 18.2 Å². The van der Waals surface area contributed by atoms with Crippen molar-refractivity contribution in [3.63, 3.8) is 0 Å². The largest absolute Gasteiger partial charge is 0.493 e. The third kappa shape index (κ3) is 4.44. The summed E-state index contributed by atoms with van der Waals surface area (Å²) in [5, 5.41) is 12.2. The molecule has 9 heteroatoms. The van der Waals surface area contributed by atoms with Gasteiger partial charge in [0.25, 0.3) is 0 Å². The van der Waals surface area contributed by atoms with Crippen LogP contribution in [-0.4, -0.2) is 49.6 Å². The number of carbonyl (C=O) groups excluding carboxylic acids is 2. The molecule has 26 heavy (non-hydrogen) atoms. The van der Waals surface area contributed by atoms with Gasteiger partial charge in [0.1, 0.15) is 12.2 Å². The maximum atomic E-state index is 12.1. The van der Waals surface area contributed by atoms with E-state index in [9.17, 15) is 9.59 Å². The molecule has 1 aromatic heterocycles. The lowest BCUT2D eigenvalue weighted by Crippen LogP contribution is -2.34. The Labute approximate surface area is 151 Å². The van der Waals surface area contributed by atoms with Gasteiger partial charge in [-0.25, -0.2) is 4.79 Å². The molecule has 0 saturated heterocycles. The molecule has 3 N–H and O–H groups in total. The second-order valence-electron chi connectivity index (χ2n) is 5.25. The zero-order valence-corrected chi connectivity index (χ0v) is 15.1. The normalized spacial score (nSPS) is 10.2. The van der Waals surface area contributed by atoms with Crippen molar-refractivity contribution in [2.24, 2.45) is 0 Å². The lowest BCUT2D eigenvalue weighted by Gasteiger charge is -2.11. The molecule has 1 heterocycles. The Morgan fingerprint density at radius 1 is 1.19 bits per heavy atom. The van der Waals surface area contributed by atoms with Gasteiger partial charge in [0.05, 0.1) is 32.2 Å². The first-order valence-electron chi connectivity index (χ1n) is 7.98. The third-order valence-corrected chi connectivity index (χ3v) is 3.54. The van der Waals surface area contributed by atoms with Crippen molar-refractivity contribution >= 4 is 17.7 Å². The van der Waals surface area contributed by atoms with E-state index in [2.05, 4.69) is 20.8 Å². The Hall–Kier alpha value is -3.23. The number of anilines is 1. The van der Waals surface area contributed by atoms with Gasteiger partial charge in [-0.3, -0.25) is 9.89 Å². The smallest absolute Gasteiger partial charge is 0.325 e. The van der Waals surface area contributed by atoms with E-state index in [0.29, 0.717) is 28.6 Å². The molecule has 2 amide bonds. The Bertz CT molecular complexity index is 787. The zero-order chi connectivity index (χ0) is 19.1. The minimum atomic E-state index is -0.538. The van der Waals surface area contributed by atoms with E-state index in [1.807, 2.05) is 0 Å². The van der Waals surface area contributed by atoms with Crippen LogP contribution in [0.25, 0.3) is 11.3 Å². The predicted octanol–water partition coefficient (Wildman–Crippen LogP) is 2.09. The van der Waals surface area contributed by atoms with E-state index in [-0.39, 0.29) is 13.2 Å². The monoisotopic (exact) mass is 362 g/mol. The predicted molar refractivity (Wildman–Crippen MR) is 95.5 cm³/mol. The highest BCUT2D eigenvalue weighted by Crippen LogP contribution is 2.35. The number of hydrogen-bond donors (Lipinski definition) is 3. The van der Waals surface area contributed by atoms with Gasteiger partial charge >= 0.3 is 12.0 Å². The SMILES string of the molecule is CCOC(=O)CNC(=O)Nc1c(-c2ccc(OC)c(OC)c2)n[nH]c1C. The molecule has 0 fully saturated rings. The molecular weight excluding hydrogens is 340 g/mol. The number of aromatic nitrogens is 2. The molecular formula is C17H22N4O5. The maximum Gasteiger partial charge on any atom is 0.325 e. The van der Waals surface area contributed by atoms with Crippen molar-refractivity contribution in [2.45, 2.75) is 13.8 Å². The molecule has 9 nitrogen and oxygen atoms in total. The number of esters is 1. The number of aromatic amines is 1. The van der Waals surface area contributed by atoms with Gasteiger partial charge in [0.2, 0.25) is 0 Å². The number of aryl methyl sites for hydroxylation is 1. The quantitative estimate of drug-likeness (QED) is 0.650. The summed E-state index contributed by atoms with van der Waals surface area (Å²) in [7, 11) is 3.09. The molecule has 0 aliphatic heterocycles. The van der Waals surface area contributed by atoms with Crippen LogP contribution in [0.3, 0.4) is 0 Å². The molecule has 0 radical (unpaired) electrons. The summed E-state index contributed by atoms with van der Waals surface area (Å²) >= 11 is 0. The highest BCUT2D eigenvalue weighted by atomic mass is 16.5. The lowest BCUT2D eigenvalue weighted by molar-refractivity contribution is -0.141. The van der Waals surface area contributed by atoms with Crippen LogP contribution in [0.4, 0.5) is 10.5 Å². The van der Waals surface area contributed by atoms with Gasteiger partial charge in [0, 0.05) is 5.56 Å². The topological polar surface area (TPSA) is 115 Å². The summed E-state index contributed by atoms with van der Waals surface area (Å²) in [6.45, 7) is 3.51. The summed E-state index contributed by atoms with van der Waals surface area (Å²) in [5.74, 6) is 0.625. The van der Waals surface area contributed by atoms with Gasteiger partial charge < -0.3 is 24.8 Å². The van der Waals surface area contributed by atoms with Gasteiger partial charge in [-0.15, -0.1) is 0 Å². The molecule has 0 aliphatic rings. The Kier molecular flexibility index (Phi) is 6.42. The van der Waals surface area contributed by atoms with Gasteiger partial charge in [0.15, 0.2) is 11.5 Å². The number of amides is 2. The molecule has 140 valence electrons. The fourth-order valence-electron chi connectivity index (χ4n) is 2.30. The van der Waals surface area contributed by atoms with Crippen LogP contribution in [0.5, 0.6) is 11.5 Å². The number of methoxy groups -OCH3 is 2. The number of carbonyl (C=O) groups is 2. The van der Waals surface area contributed by atoms with Crippen LogP contribution in [0.2, 0.25) is 0 Å². The van der Waals surface area contributed by atoms with Crippen molar-refractivity contribution in [3.8, 4) is 22.8 Å². The van der Waals surface area contributed by atoms with Crippen LogP contribution < -0.4 is 20.1 Å². The average Bonchev–Trinajstić information content (AvgIpc) is 3.00. The second-order valence-corrected chi connectivity index (χ2v) is 5.25. The summed E-state index contributed by atoms with van der Waals surface area (Å²) < 4.78 is 15.3. The molecule has 2 aromatic rings. The minimum absolute atomic E-state index is 0.220. The van der Waals surface area contributed by atoms with Crippen molar-refractivity contribution in [1.29, 1.82) is 0 Å². The first-order chi connectivity index (χ1) is 12.5. The molecule has 0 aliphatic carbocycles. The third-order valence-electron chi connectivity index (χ3n) is 3.54. The number of rotatable bonds is 7. The van der Waals surface area contributed by atoms with E-state index in [4.69, 9.17) is 14.2 Å². The molecule has 2 rings (SSSR count). The molecule has 0 atom stereocenters. The number of hydrogen-bond acceptors (Lipinski definition) is 6. The van der Waals surface area contributed by atoms with E-state index in [1.54, 1.807) is 46.3 Å². The van der Waals surface area contributed by atoms with Crippen LogP contribution in [0, 0.1) is 6.92 Å². The van der Waals surface area contributed by atoms with Gasteiger partial charge in [-0.05, 0) is 32.0 Å². The van der Waals surface area contributed by atoms with Crippen LogP contribution >= 0.6 is 0 Å². The van der Waals surface area contributed by atoms with Crippen LogP contribution in [0.1, 0.15) is 12.6 Å². The summed E-state index contributed by atoms with van der Waals surface area (Å²) in [6.07, 6.45) is 0. The molecule has 0 saturated carbocycles. The Morgan fingerprint density at radius 2 is 1.92 bits per heavy atom. The van der Waals surface area contributed by atoms with E-state index < -0.39 is 12.0 Å². The number of nitrogens with one attached hydrogen (secondary N) is 3. The number of nitrogens with zero attached hydrogens (tertiary/aromatic N) is 1. The number of benzene rings is 1. The molecule has 0 bridgehead atoms. The van der Waals surface area contributed by atoms with Crippen molar-refractivity contribution in [1.82, 2.24) is 15.5 Å². The first-order valence-corrected chi connectivity index (χ1v) is 7.98. The Morgan fingerprint density at radius 3 is 2.58 bits per heavy atom. The van der Waals surface area contributed by atoms with E-state index in [0.717, 1.165) is 5.56 Å². The van der Waals surface area contributed by atoms with Crippen molar-refractivity contribution < 1.29 is 23.8 Å². The first kappa shape index (κ1) is 19.1. The maximum absolute atomic E-state index is 12.1. The van der Waals surface area contributed by atoms with E-state index >= 15 is 0 Å². The molecule has 1 aromatic carbocycles. The van der Waals surface area contributed by atoms with Gasteiger partial charge in [-0.1, -0.05) is 0 Å². The molecule has 0 unspecified atom stereocenters. The number of urea groups is 1. The van der Waals surface area contributed by atoms with Gasteiger partial charge in [-0.2, -0.15) is 5.10 Å². The highest BCUT2D eigenvalue weighted by Gasteiger charge is 2.17. The van der Waals surface area contributed by atoms with Crippen molar-refractivity contribution in [2.75, 3.05) is 32.7 Å². The lowest BCUT2D eigenvalue weighted by atomic mass is 10.1. The molecule has 0 spiro atoms. The summed E-state index contributed by atoms with van der Waals surface area (Å²) in [4.78, 5) is 23.4. The minimum Gasteiger partial charge on any atom is -0.493 e. The standard InChI is InChI=1S/C17H22N4O5/c1-5-26-14(22)9-18-17(23)19-15-10(2)20-21-16(15)11-6-7-12(24-3)13(8-11)25-4/h6-8H,5,9H2,1-4H3,(H,20,21)(H2,18,19,23). The van der Waals surface area contributed by atoms with Crippen LogP contribution in [-0.2, 0) is 9.53 Å². The fraction of sp³-hybridized carbons (Fsp3) is 0.353. The fourth-order valence-corrected chi connectivity index (χ4v) is 2.30. The summed E-state index contributed by atoms with van der Waals surface area (Å²) in [5.41, 5.74) is 2.43. The zero-order valence-electron chi connectivity index (χ0n) is 15.1. The summed E-state index contributed by atoms with van der Waals surface area (Å²) in [6, 6.07) is 4.78.